The quantitative estimate of drug-likeness (QED) is 0.764. The zero-order chi connectivity index (χ0) is 21.0. The number of nitrogens with two attached hydrogens (primary N) is 1. The minimum absolute atomic E-state index is 0. The summed E-state index contributed by atoms with van der Waals surface area (Å²) >= 11 is 0. The van der Waals surface area contributed by atoms with E-state index in [0.29, 0.717) is 6.04 Å². The Morgan fingerprint density at radius 1 is 1.00 bits per heavy atom. The highest BCUT2D eigenvalue weighted by molar-refractivity contribution is 5.72. The van der Waals surface area contributed by atoms with Crippen molar-refractivity contribution in [3.8, 4) is 0 Å². The topological polar surface area (TPSA) is 79.1 Å². The Hall–Kier alpha value is -1.50. The molecule has 0 radical (unpaired) electrons. The Balaban J connectivity index is 0.00000320. The second-order valence-corrected chi connectivity index (χ2v) is 9.67. The normalized spacial score (nSPS) is 24.5. The number of primary amides is 1. The SMILES string of the molecule is CC(C)OC(=O)N1CCC(C)(N2CCC(N(C(N)=O)C3CCCCC3)CC2)CC1.[HH]. The van der Waals surface area contributed by atoms with E-state index >= 15 is 0 Å². The van der Waals surface area contributed by atoms with E-state index < -0.39 is 0 Å². The molecular weight excluding hydrogens is 368 g/mol. The van der Waals surface area contributed by atoms with Gasteiger partial charge in [0, 0.05) is 45.2 Å². The van der Waals surface area contributed by atoms with Crippen LogP contribution in [0.3, 0.4) is 0 Å². The van der Waals surface area contributed by atoms with Crippen molar-refractivity contribution in [2.24, 2.45) is 5.73 Å². The summed E-state index contributed by atoms with van der Waals surface area (Å²) in [5, 5.41) is 0. The van der Waals surface area contributed by atoms with Crippen LogP contribution in [0.15, 0.2) is 0 Å². The molecule has 29 heavy (non-hydrogen) atoms. The van der Waals surface area contributed by atoms with E-state index in [1.165, 1.54) is 19.3 Å². The highest BCUT2D eigenvalue weighted by atomic mass is 16.6. The summed E-state index contributed by atoms with van der Waals surface area (Å²) in [7, 11) is 0. The first-order valence-electron chi connectivity index (χ1n) is 11.6. The number of carbonyl (C=O) groups is 2. The Morgan fingerprint density at radius 3 is 2.07 bits per heavy atom. The summed E-state index contributed by atoms with van der Waals surface area (Å²) in [5.41, 5.74) is 5.92. The number of rotatable bonds is 4. The summed E-state index contributed by atoms with van der Waals surface area (Å²) < 4.78 is 5.35. The van der Waals surface area contributed by atoms with Crippen LogP contribution in [-0.4, -0.2) is 76.7 Å². The van der Waals surface area contributed by atoms with Gasteiger partial charge in [-0.2, -0.15) is 0 Å². The van der Waals surface area contributed by atoms with Gasteiger partial charge in [0.1, 0.15) is 0 Å². The molecule has 1 saturated carbocycles. The number of likely N-dealkylation sites (tertiary alicyclic amines) is 2. The van der Waals surface area contributed by atoms with E-state index in [9.17, 15) is 9.59 Å². The van der Waals surface area contributed by atoms with Crippen LogP contribution in [0.2, 0.25) is 0 Å². The van der Waals surface area contributed by atoms with Crippen LogP contribution in [0, 0.1) is 0 Å². The monoisotopic (exact) mass is 410 g/mol. The number of hydrogen-bond donors (Lipinski definition) is 1. The molecule has 7 heteroatoms. The van der Waals surface area contributed by atoms with Gasteiger partial charge in [0.15, 0.2) is 0 Å². The van der Waals surface area contributed by atoms with Gasteiger partial charge in [-0.3, -0.25) is 4.90 Å². The molecule has 2 heterocycles. The van der Waals surface area contributed by atoms with Crippen molar-refractivity contribution in [3.63, 3.8) is 0 Å². The summed E-state index contributed by atoms with van der Waals surface area (Å²) in [6.07, 6.45) is 9.55. The van der Waals surface area contributed by atoms with Crippen LogP contribution >= 0.6 is 0 Å². The third kappa shape index (κ3) is 5.36. The van der Waals surface area contributed by atoms with Gasteiger partial charge in [0.05, 0.1) is 6.10 Å². The molecule has 1 aliphatic carbocycles. The lowest BCUT2D eigenvalue weighted by Gasteiger charge is -2.50. The molecule has 3 aliphatic rings. The van der Waals surface area contributed by atoms with Crippen LogP contribution in [0.4, 0.5) is 9.59 Å². The minimum Gasteiger partial charge on any atom is -0.447 e. The number of carbonyl (C=O) groups excluding carboxylic acids is 2. The van der Waals surface area contributed by atoms with Crippen molar-refractivity contribution in [1.29, 1.82) is 0 Å². The Morgan fingerprint density at radius 2 is 1.55 bits per heavy atom. The molecule has 0 aromatic heterocycles. The maximum absolute atomic E-state index is 12.2. The molecule has 2 N–H and O–H groups in total. The van der Waals surface area contributed by atoms with Gasteiger partial charge < -0.3 is 20.3 Å². The van der Waals surface area contributed by atoms with Gasteiger partial charge in [-0.1, -0.05) is 19.3 Å². The second-order valence-electron chi connectivity index (χ2n) is 9.67. The summed E-state index contributed by atoms with van der Waals surface area (Å²) in [4.78, 5) is 30.8. The van der Waals surface area contributed by atoms with Crippen LogP contribution in [0.1, 0.15) is 80.0 Å². The van der Waals surface area contributed by atoms with E-state index in [1.54, 1.807) is 0 Å². The molecule has 3 amide bonds. The molecule has 168 valence electrons. The number of piperidine rings is 2. The van der Waals surface area contributed by atoms with Gasteiger partial charge >= 0.3 is 12.1 Å². The predicted octanol–water partition coefficient (Wildman–Crippen LogP) is 3.81. The third-order valence-electron chi connectivity index (χ3n) is 7.28. The van der Waals surface area contributed by atoms with Crippen molar-refractivity contribution in [2.45, 2.75) is 102 Å². The second kappa shape index (κ2) is 9.54. The lowest BCUT2D eigenvalue weighted by atomic mass is 9.85. The summed E-state index contributed by atoms with van der Waals surface area (Å²) in [5.74, 6) is 0. The van der Waals surface area contributed by atoms with Gasteiger partial charge in [-0.05, 0) is 59.3 Å². The van der Waals surface area contributed by atoms with Crippen molar-refractivity contribution >= 4 is 12.1 Å². The highest BCUT2D eigenvalue weighted by Gasteiger charge is 2.40. The Bertz CT molecular complexity index is 567. The molecule has 0 spiro atoms. The molecule has 0 aromatic carbocycles. The summed E-state index contributed by atoms with van der Waals surface area (Å²) in [6, 6.07) is 0.374. The van der Waals surface area contributed by atoms with Gasteiger partial charge in [0.25, 0.3) is 0 Å². The van der Waals surface area contributed by atoms with Gasteiger partial charge in [-0.25, -0.2) is 9.59 Å². The highest BCUT2D eigenvalue weighted by Crippen LogP contribution is 2.34. The summed E-state index contributed by atoms with van der Waals surface area (Å²) in [6.45, 7) is 9.58. The van der Waals surface area contributed by atoms with E-state index in [0.717, 1.165) is 64.7 Å². The fourth-order valence-electron chi connectivity index (χ4n) is 5.46. The zero-order valence-electron chi connectivity index (χ0n) is 18.6. The maximum Gasteiger partial charge on any atom is 0.410 e. The minimum atomic E-state index is -0.237. The first-order valence-corrected chi connectivity index (χ1v) is 11.6. The van der Waals surface area contributed by atoms with Crippen LogP contribution in [-0.2, 0) is 4.74 Å². The Kier molecular flexibility index (Phi) is 7.30. The van der Waals surface area contributed by atoms with Crippen molar-refractivity contribution in [3.05, 3.63) is 0 Å². The third-order valence-corrected chi connectivity index (χ3v) is 7.28. The lowest BCUT2D eigenvalue weighted by Crippen LogP contribution is -2.60. The van der Waals surface area contributed by atoms with Gasteiger partial charge in [-0.15, -0.1) is 0 Å². The number of urea groups is 1. The molecule has 2 aliphatic heterocycles. The smallest absolute Gasteiger partial charge is 0.410 e. The molecule has 3 rings (SSSR count). The molecule has 3 fully saturated rings. The zero-order valence-corrected chi connectivity index (χ0v) is 18.6. The number of amides is 3. The van der Waals surface area contributed by atoms with E-state index in [2.05, 4.69) is 11.8 Å². The number of hydrogen-bond acceptors (Lipinski definition) is 4. The average Bonchev–Trinajstić information content (AvgIpc) is 2.69. The fourth-order valence-corrected chi connectivity index (χ4v) is 5.46. The molecule has 2 saturated heterocycles. The van der Waals surface area contributed by atoms with Crippen molar-refractivity contribution in [1.82, 2.24) is 14.7 Å². The van der Waals surface area contributed by atoms with Crippen LogP contribution < -0.4 is 5.73 Å². The molecule has 7 nitrogen and oxygen atoms in total. The van der Waals surface area contributed by atoms with Crippen LogP contribution in [0.25, 0.3) is 0 Å². The van der Waals surface area contributed by atoms with E-state index in [4.69, 9.17) is 10.5 Å². The molecule has 0 atom stereocenters. The first kappa shape index (κ1) is 22.2. The average molecular weight is 411 g/mol. The van der Waals surface area contributed by atoms with E-state index in [1.807, 2.05) is 23.6 Å². The number of nitrogens with zero attached hydrogens (tertiary/aromatic N) is 3. The first-order chi connectivity index (χ1) is 13.8. The molecule has 0 bridgehead atoms. The van der Waals surface area contributed by atoms with Gasteiger partial charge in [0.2, 0.25) is 0 Å². The molecule has 0 aromatic rings. The lowest BCUT2D eigenvalue weighted by molar-refractivity contribution is -0.00439. The Labute approximate surface area is 177 Å². The van der Waals surface area contributed by atoms with E-state index in [-0.39, 0.29) is 31.2 Å². The maximum atomic E-state index is 12.2. The van der Waals surface area contributed by atoms with Crippen molar-refractivity contribution < 1.29 is 15.8 Å². The predicted molar refractivity (Wildman–Crippen MR) is 116 cm³/mol. The standard InChI is InChI=1S/C22H40N4O3.H2/c1-17(2)29-21(28)24-15-11-22(3,12-16-24)25-13-9-19(10-14-25)26(20(23)27)18-7-5-4-6-8-18;/h17-19H,4-16H2,1-3H3,(H2,23,27);1H. The largest absolute Gasteiger partial charge is 0.447 e. The molecular formula is C22H42N4O3. The van der Waals surface area contributed by atoms with Crippen molar-refractivity contribution in [2.75, 3.05) is 26.2 Å². The number of ether oxygens (including phenoxy) is 1. The fraction of sp³-hybridized carbons (Fsp3) is 0.909. The van der Waals surface area contributed by atoms with Crippen LogP contribution in [0.5, 0.6) is 0 Å². The molecule has 0 unspecified atom stereocenters.